The summed E-state index contributed by atoms with van der Waals surface area (Å²) in [5, 5.41) is 3.95. The fourth-order valence-electron chi connectivity index (χ4n) is 2.48. The van der Waals surface area contributed by atoms with Crippen molar-refractivity contribution in [3.8, 4) is 22.5 Å². The molecular weight excluding hydrogens is 328 g/mol. The summed E-state index contributed by atoms with van der Waals surface area (Å²) in [6.07, 6.45) is 0. The van der Waals surface area contributed by atoms with Gasteiger partial charge >= 0.3 is 0 Å². The van der Waals surface area contributed by atoms with Crippen LogP contribution in [0.5, 0.6) is 0 Å². The zero-order valence-electron chi connectivity index (χ0n) is 11.9. The molecule has 0 aliphatic rings. The maximum Gasteiger partial charge on any atom is 0.177 e. The Labute approximate surface area is 131 Å². The van der Waals surface area contributed by atoms with E-state index in [-0.39, 0.29) is 0 Å². The van der Waals surface area contributed by atoms with Crippen LogP contribution in [0.1, 0.15) is 11.1 Å². The molecule has 0 unspecified atom stereocenters. The van der Waals surface area contributed by atoms with Gasteiger partial charge in [-0.05, 0) is 37.1 Å². The Balaban J connectivity index is 2.22. The highest BCUT2D eigenvalue weighted by Gasteiger charge is 2.19. The molecule has 3 aromatic rings. The summed E-state index contributed by atoms with van der Waals surface area (Å²) in [6.45, 7) is 4.13. The van der Waals surface area contributed by atoms with Gasteiger partial charge in [-0.3, -0.25) is 0 Å². The van der Waals surface area contributed by atoms with Crippen LogP contribution in [0.4, 0.5) is 5.82 Å². The van der Waals surface area contributed by atoms with Gasteiger partial charge in [-0.25, -0.2) is 0 Å². The monoisotopic (exact) mass is 342 g/mol. The first-order chi connectivity index (χ1) is 10.1. The van der Waals surface area contributed by atoms with E-state index in [1.165, 1.54) is 5.56 Å². The van der Waals surface area contributed by atoms with Crippen molar-refractivity contribution >= 4 is 21.7 Å². The fourth-order valence-corrected chi connectivity index (χ4v) is 2.88. The second kappa shape index (κ2) is 5.37. The molecule has 0 atom stereocenters. The molecule has 0 aliphatic carbocycles. The number of benzene rings is 2. The normalized spacial score (nSPS) is 10.8. The SMILES string of the molecule is Cc1ccc(-c2onc(N)c2-c2cccc(Br)c2)c(C)c1. The van der Waals surface area contributed by atoms with E-state index in [0.29, 0.717) is 11.6 Å². The van der Waals surface area contributed by atoms with Gasteiger partial charge in [-0.2, -0.15) is 0 Å². The third kappa shape index (κ3) is 2.59. The van der Waals surface area contributed by atoms with E-state index in [2.05, 4.69) is 47.1 Å². The molecule has 0 fully saturated rings. The largest absolute Gasteiger partial charge is 0.380 e. The van der Waals surface area contributed by atoms with Crippen molar-refractivity contribution in [2.75, 3.05) is 5.73 Å². The maximum atomic E-state index is 6.02. The lowest BCUT2D eigenvalue weighted by molar-refractivity contribution is 0.436. The first-order valence-corrected chi connectivity index (χ1v) is 7.44. The smallest absolute Gasteiger partial charge is 0.177 e. The van der Waals surface area contributed by atoms with Gasteiger partial charge in [0, 0.05) is 10.0 Å². The third-order valence-corrected chi connectivity index (χ3v) is 3.95. The first kappa shape index (κ1) is 13.9. The Kier molecular flexibility index (Phi) is 3.55. The van der Waals surface area contributed by atoms with Gasteiger partial charge in [0.25, 0.3) is 0 Å². The fraction of sp³-hybridized carbons (Fsp3) is 0.118. The number of aromatic nitrogens is 1. The molecule has 0 aliphatic heterocycles. The van der Waals surface area contributed by atoms with E-state index in [0.717, 1.165) is 26.7 Å². The topological polar surface area (TPSA) is 52.0 Å². The van der Waals surface area contributed by atoms with Crippen molar-refractivity contribution in [3.63, 3.8) is 0 Å². The molecule has 21 heavy (non-hydrogen) atoms. The van der Waals surface area contributed by atoms with Crippen molar-refractivity contribution in [2.24, 2.45) is 0 Å². The van der Waals surface area contributed by atoms with Gasteiger partial charge in [0.15, 0.2) is 11.6 Å². The van der Waals surface area contributed by atoms with Crippen molar-refractivity contribution in [1.29, 1.82) is 0 Å². The van der Waals surface area contributed by atoms with E-state index in [9.17, 15) is 0 Å². The summed E-state index contributed by atoms with van der Waals surface area (Å²) in [5.41, 5.74) is 11.2. The van der Waals surface area contributed by atoms with Gasteiger partial charge in [0.05, 0.1) is 5.56 Å². The van der Waals surface area contributed by atoms with Crippen molar-refractivity contribution in [2.45, 2.75) is 13.8 Å². The number of halogens is 1. The van der Waals surface area contributed by atoms with Gasteiger partial charge in [0.2, 0.25) is 0 Å². The van der Waals surface area contributed by atoms with Gasteiger partial charge in [-0.15, -0.1) is 0 Å². The molecule has 2 aromatic carbocycles. The second-order valence-corrected chi connectivity index (χ2v) is 6.02. The first-order valence-electron chi connectivity index (χ1n) is 6.65. The quantitative estimate of drug-likeness (QED) is 0.715. The molecule has 0 amide bonds. The predicted octanol–water partition coefficient (Wildman–Crippen LogP) is 4.97. The lowest BCUT2D eigenvalue weighted by Gasteiger charge is -2.07. The second-order valence-electron chi connectivity index (χ2n) is 5.10. The third-order valence-electron chi connectivity index (χ3n) is 3.46. The minimum atomic E-state index is 0.406. The number of hydrogen-bond acceptors (Lipinski definition) is 3. The van der Waals surface area contributed by atoms with Crippen LogP contribution >= 0.6 is 15.9 Å². The molecule has 3 rings (SSSR count). The minimum Gasteiger partial charge on any atom is -0.380 e. The summed E-state index contributed by atoms with van der Waals surface area (Å²) < 4.78 is 6.50. The highest BCUT2D eigenvalue weighted by molar-refractivity contribution is 9.10. The van der Waals surface area contributed by atoms with Gasteiger partial charge in [-0.1, -0.05) is 57.0 Å². The van der Waals surface area contributed by atoms with E-state index in [1.54, 1.807) is 0 Å². The molecule has 0 saturated heterocycles. The molecule has 106 valence electrons. The Morgan fingerprint density at radius 2 is 1.90 bits per heavy atom. The Morgan fingerprint density at radius 1 is 1.10 bits per heavy atom. The maximum absolute atomic E-state index is 6.02. The molecule has 2 N–H and O–H groups in total. The van der Waals surface area contributed by atoms with Crippen molar-refractivity contribution < 1.29 is 4.52 Å². The number of nitrogens with two attached hydrogens (primary N) is 1. The summed E-state index contributed by atoms with van der Waals surface area (Å²) in [7, 11) is 0. The molecule has 3 nitrogen and oxygen atoms in total. The summed E-state index contributed by atoms with van der Waals surface area (Å²) >= 11 is 3.49. The van der Waals surface area contributed by atoms with Crippen LogP contribution in [0.15, 0.2) is 51.5 Å². The molecule has 0 bridgehead atoms. The minimum absolute atomic E-state index is 0.406. The summed E-state index contributed by atoms with van der Waals surface area (Å²) in [5.74, 6) is 1.12. The van der Waals surface area contributed by atoms with Crippen molar-refractivity contribution in [1.82, 2.24) is 5.16 Å². The van der Waals surface area contributed by atoms with E-state index in [4.69, 9.17) is 10.3 Å². The number of hydrogen-bond donors (Lipinski definition) is 1. The highest BCUT2D eigenvalue weighted by atomic mass is 79.9. The van der Waals surface area contributed by atoms with E-state index < -0.39 is 0 Å². The Hall–Kier alpha value is -2.07. The lowest BCUT2D eigenvalue weighted by atomic mass is 9.97. The Bertz CT molecular complexity index is 808. The Morgan fingerprint density at radius 3 is 2.62 bits per heavy atom. The van der Waals surface area contributed by atoms with Crippen LogP contribution < -0.4 is 5.73 Å². The molecule has 1 aromatic heterocycles. The van der Waals surface area contributed by atoms with Gasteiger partial charge < -0.3 is 10.3 Å². The van der Waals surface area contributed by atoms with Gasteiger partial charge in [0.1, 0.15) is 0 Å². The lowest BCUT2D eigenvalue weighted by Crippen LogP contribution is -1.90. The van der Waals surface area contributed by atoms with Crippen LogP contribution in [0.2, 0.25) is 0 Å². The summed E-state index contributed by atoms with van der Waals surface area (Å²) in [4.78, 5) is 0. The van der Waals surface area contributed by atoms with Crippen LogP contribution in [0.25, 0.3) is 22.5 Å². The number of anilines is 1. The highest BCUT2D eigenvalue weighted by Crippen LogP contribution is 2.38. The standard InChI is InChI=1S/C17H15BrN2O/c1-10-6-7-14(11(2)8-10)16-15(17(19)20-21-16)12-4-3-5-13(18)9-12/h3-9H,1-2H3,(H2,19,20). The molecule has 0 radical (unpaired) electrons. The number of nitrogen functional groups attached to an aromatic ring is 1. The average molecular weight is 343 g/mol. The van der Waals surface area contributed by atoms with Crippen LogP contribution in [-0.4, -0.2) is 5.16 Å². The van der Waals surface area contributed by atoms with Crippen LogP contribution in [0.3, 0.4) is 0 Å². The molecule has 1 heterocycles. The molecule has 0 saturated carbocycles. The average Bonchev–Trinajstić information content (AvgIpc) is 2.80. The van der Waals surface area contributed by atoms with Crippen LogP contribution in [0, 0.1) is 13.8 Å². The summed E-state index contributed by atoms with van der Waals surface area (Å²) in [6, 6.07) is 14.2. The van der Waals surface area contributed by atoms with E-state index >= 15 is 0 Å². The zero-order chi connectivity index (χ0) is 15.0. The van der Waals surface area contributed by atoms with Crippen LogP contribution in [-0.2, 0) is 0 Å². The molecule has 4 heteroatoms. The van der Waals surface area contributed by atoms with Crippen molar-refractivity contribution in [3.05, 3.63) is 58.1 Å². The number of aryl methyl sites for hydroxylation is 2. The molecular formula is C17H15BrN2O. The van der Waals surface area contributed by atoms with E-state index in [1.807, 2.05) is 30.3 Å². The number of rotatable bonds is 2. The number of nitrogens with zero attached hydrogens (tertiary/aromatic N) is 1. The zero-order valence-corrected chi connectivity index (χ0v) is 13.4. The predicted molar refractivity (Wildman–Crippen MR) is 89.0 cm³/mol. The molecule has 0 spiro atoms.